The van der Waals surface area contributed by atoms with E-state index in [0.29, 0.717) is 6.61 Å². The fourth-order valence-electron chi connectivity index (χ4n) is 3.90. The monoisotopic (exact) mass is 418 g/mol. The van der Waals surface area contributed by atoms with Crippen LogP contribution >= 0.6 is 11.6 Å². The maximum absolute atomic E-state index is 6.44. The molecule has 2 unspecified atom stereocenters. The van der Waals surface area contributed by atoms with Crippen LogP contribution in [0.15, 0.2) is 42.7 Å². The third-order valence-corrected chi connectivity index (χ3v) is 5.96. The Morgan fingerprint density at radius 1 is 1.10 bits per heavy atom. The van der Waals surface area contributed by atoms with Crippen molar-refractivity contribution in [1.82, 2.24) is 19.4 Å². The Morgan fingerprint density at radius 2 is 1.86 bits per heavy atom. The Hall–Kier alpha value is -1.40. The van der Waals surface area contributed by atoms with E-state index >= 15 is 0 Å². The third kappa shape index (κ3) is 7.10. The molecule has 0 bridgehead atoms. The van der Waals surface area contributed by atoms with Gasteiger partial charge in [0.05, 0.1) is 12.5 Å². The van der Waals surface area contributed by atoms with Crippen LogP contribution in [0.5, 0.6) is 0 Å². The molecule has 0 saturated carbocycles. The molecule has 29 heavy (non-hydrogen) atoms. The maximum atomic E-state index is 6.44. The van der Waals surface area contributed by atoms with Gasteiger partial charge in [0.2, 0.25) is 0 Å². The molecule has 1 aromatic heterocycles. The fraction of sp³-hybridized carbons (Fsp3) is 0.609. The van der Waals surface area contributed by atoms with Crippen molar-refractivity contribution in [2.45, 2.75) is 43.7 Å². The number of imidazole rings is 1. The Bertz CT molecular complexity index is 700. The van der Waals surface area contributed by atoms with Gasteiger partial charge in [-0.05, 0) is 45.6 Å². The van der Waals surface area contributed by atoms with E-state index in [1.807, 2.05) is 12.3 Å². The van der Waals surface area contributed by atoms with E-state index in [-0.39, 0.29) is 11.5 Å². The SMILES string of the molecule is CN(C)CCC(Cl)OCC(c1ccccc1)c1nccn1CCN1CCCCC1. The van der Waals surface area contributed by atoms with Crippen molar-refractivity contribution < 1.29 is 4.74 Å². The molecule has 2 aromatic rings. The van der Waals surface area contributed by atoms with Crippen LogP contribution in [0.4, 0.5) is 0 Å². The van der Waals surface area contributed by atoms with Crippen LogP contribution in [-0.2, 0) is 11.3 Å². The first-order valence-electron chi connectivity index (χ1n) is 10.8. The molecule has 1 aromatic carbocycles. The molecule has 0 amide bonds. The first-order chi connectivity index (χ1) is 14.1. The number of aromatic nitrogens is 2. The van der Waals surface area contributed by atoms with E-state index in [9.17, 15) is 0 Å². The van der Waals surface area contributed by atoms with Crippen LogP contribution in [0.3, 0.4) is 0 Å². The highest BCUT2D eigenvalue weighted by Gasteiger charge is 2.22. The van der Waals surface area contributed by atoms with Gasteiger partial charge in [-0.1, -0.05) is 48.4 Å². The van der Waals surface area contributed by atoms with Crippen molar-refractivity contribution in [2.75, 3.05) is 46.9 Å². The van der Waals surface area contributed by atoms with Gasteiger partial charge in [-0.2, -0.15) is 0 Å². The summed E-state index contributed by atoms with van der Waals surface area (Å²) in [5.41, 5.74) is 0.926. The van der Waals surface area contributed by atoms with Gasteiger partial charge in [-0.25, -0.2) is 4.98 Å². The quantitative estimate of drug-likeness (QED) is 0.516. The molecule has 6 heteroatoms. The topological polar surface area (TPSA) is 33.5 Å². The number of nitrogens with zero attached hydrogens (tertiary/aromatic N) is 4. The van der Waals surface area contributed by atoms with Gasteiger partial charge in [0.1, 0.15) is 11.4 Å². The highest BCUT2D eigenvalue weighted by Crippen LogP contribution is 2.25. The molecule has 0 spiro atoms. The van der Waals surface area contributed by atoms with Crippen LogP contribution in [0.1, 0.15) is 43.0 Å². The number of ether oxygens (including phenoxy) is 1. The number of hydrogen-bond acceptors (Lipinski definition) is 4. The summed E-state index contributed by atoms with van der Waals surface area (Å²) in [5.74, 6) is 1.14. The van der Waals surface area contributed by atoms with Crippen LogP contribution in [0, 0.1) is 0 Å². The zero-order valence-electron chi connectivity index (χ0n) is 17.8. The molecule has 1 aliphatic rings. The lowest BCUT2D eigenvalue weighted by Gasteiger charge is -2.27. The van der Waals surface area contributed by atoms with E-state index in [1.165, 1.54) is 37.9 Å². The van der Waals surface area contributed by atoms with Crippen LogP contribution in [-0.4, -0.2) is 71.8 Å². The highest BCUT2D eigenvalue weighted by molar-refractivity contribution is 6.19. The van der Waals surface area contributed by atoms with Crippen molar-refractivity contribution in [3.63, 3.8) is 0 Å². The molecule has 1 aliphatic heterocycles. The molecule has 1 saturated heterocycles. The second-order valence-electron chi connectivity index (χ2n) is 8.18. The number of rotatable bonds is 11. The zero-order chi connectivity index (χ0) is 20.5. The third-order valence-electron chi connectivity index (χ3n) is 5.61. The molecule has 5 nitrogen and oxygen atoms in total. The average molecular weight is 419 g/mol. The Balaban J connectivity index is 1.67. The predicted octanol–water partition coefficient (Wildman–Crippen LogP) is 4.03. The normalized spacial score (nSPS) is 17.5. The number of piperidine rings is 1. The van der Waals surface area contributed by atoms with Crippen LogP contribution < -0.4 is 0 Å². The smallest absolute Gasteiger partial charge is 0.132 e. The summed E-state index contributed by atoms with van der Waals surface area (Å²) in [6.07, 6.45) is 8.82. The van der Waals surface area contributed by atoms with Gasteiger partial charge in [0.25, 0.3) is 0 Å². The zero-order valence-corrected chi connectivity index (χ0v) is 18.6. The van der Waals surface area contributed by atoms with Gasteiger partial charge in [0, 0.05) is 38.4 Å². The minimum Gasteiger partial charge on any atom is -0.361 e. The molecule has 3 rings (SSSR count). The predicted molar refractivity (Wildman–Crippen MR) is 120 cm³/mol. The molecular weight excluding hydrogens is 384 g/mol. The van der Waals surface area contributed by atoms with Gasteiger partial charge >= 0.3 is 0 Å². The van der Waals surface area contributed by atoms with Gasteiger partial charge < -0.3 is 19.1 Å². The van der Waals surface area contributed by atoms with Crippen molar-refractivity contribution in [1.29, 1.82) is 0 Å². The molecule has 0 aliphatic carbocycles. The number of alkyl halides is 1. The Labute approximate surface area is 180 Å². The van der Waals surface area contributed by atoms with Crippen molar-refractivity contribution in [3.8, 4) is 0 Å². The first-order valence-corrected chi connectivity index (χ1v) is 11.3. The minimum absolute atomic E-state index is 0.0770. The van der Waals surface area contributed by atoms with E-state index in [2.05, 4.69) is 58.9 Å². The second-order valence-corrected chi connectivity index (χ2v) is 8.67. The van der Waals surface area contributed by atoms with Crippen LogP contribution in [0.25, 0.3) is 0 Å². The second kappa shape index (κ2) is 11.7. The lowest BCUT2D eigenvalue weighted by atomic mass is 9.99. The number of hydrogen-bond donors (Lipinski definition) is 0. The minimum atomic E-state index is -0.291. The van der Waals surface area contributed by atoms with Crippen molar-refractivity contribution >= 4 is 11.6 Å². The fourth-order valence-corrected chi connectivity index (χ4v) is 4.07. The lowest BCUT2D eigenvalue weighted by molar-refractivity contribution is 0.0886. The largest absolute Gasteiger partial charge is 0.361 e. The maximum Gasteiger partial charge on any atom is 0.132 e. The summed E-state index contributed by atoms with van der Waals surface area (Å²) >= 11 is 6.44. The van der Waals surface area contributed by atoms with Crippen molar-refractivity contribution in [2.24, 2.45) is 0 Å². The number of benzene rings is 1. The van der Waals surface area contributed by atoms with Crippen molar-refractivity contribution in [3.05, 3.63) is 54.1 Å². The Morgan fingerprint density at radius 3 is 2.59 bits per heavy atom. The average Bonchev–Trinajstić information content (AvgIpc) is 3.21. The summed E-state index contributed by atoms with van der Waals surface area (Å²) in [7, 11) is 4.10. The highest BCUT2D eigenvalue weighted by atomic mass is 35.5. The standard InChI is InChI=1S/C23H35ClN4O/c1-26(2)15-11-22(24)29-19-21(20-9-5-3-6-10-20)23-25-12-16-28(23)18-17-27-13-7-4-8-14-27/h3,5-6,9-10,12,16,21-22H,4,7-8,11,13-15,17-19H2,1-2H3. The molecule has 2 atom stereocenters. The summed E-state index contributed by atoms with van der Waals surface area (Å²) in [4.78, 5) is 9.41. The van der Waals surface area contributed by atoms with E-state index in [0.717, 1.165) is 31.9 Å². The lowest BCUT2D eigenvalue weighted by Crippen LogP contribution is -2.33. The van der Waals surface area contributed by atoms with Gasteiger partial charge in [-0.15, -0.1) is 0 Å². The summed E-state index contributed by atoms with van der Waals surface area (Å²) in [6, 6.07) is 10.5. The Kier molecular flexibility index (Phi) is 8.99. The van der Waals surface area contributed by atoms with Gasteiger partial charge in [-0.3, -0.25) is 0 Å². The van der Waals surface area contributed by atoms with Gasteiger partial charge in [0.15, 0.2) is 0 Å². The van der Waals surface area contributed by atoms with E-state index < -0.39 is 0 Å². The summed E-state index contributed by atoms with van der Waals surface area (Å²) in [5, 5.41) is 0. The van der Waals surface area contributed by atoms with E-state index in [1.54, 1.807) is 0 Å². The number of halogens is 1. The first kappa shape index (κ1) is 22.3. The molecule has 2 heterocycles. The van der Waals surface area contributed by atoms with Crippen LogP contribution in [0.2, 0.25) is 0 Å². The summed E-state index contributed by atoms with van der Waals surface area (Å²) in [6.45, 7) is 5.92. The molecular formula is C23H35ClN4O. The molecule has 1 fully saturated rings. The van der Waals surface area contributed by atoms with E-state index in [4.69, 9.17) is 21.3 Å². The summed E-state index contributed by atoms with van der Waals surface area (Å²) < 4.78 is 8.35. The molecule has 0 N–H and O–H groups in total. The number of likely N-dealkylation sites (tertiary alicyclic amines) is 1. The molecule has 160 valence electrons. The molecule has 0 radical (unpaired) electrons.